The van der Waals surface area contributed by atoms with Crippen molar-refractivity contribution in [3.8, 4) is 5.75 Å². The molecule has 0 spiro atoms. The number of allylic oxidation sites excluding steroid dienone is 2. The molecule has 1 aromatic carbocycles. The second-order valence-electron chi connectivity index (χ2n) is 6.37. The van der Waals surface area contributed by atoms with Gasteiger partial charge in [0.2, 0.25) is 0 Å². The number of hydrogen-bond donors (Lipinski definition) is 0. The topological polar surface area (TPSA) is 26.3 Å². The maximum absolute atomic E-state index is 12.1. The van der Waals surface area contributed by atoms with Gasteiger partial charge in [0.05, 0.1) is 12.5 Å². The fourth-order valence-electron chi connectivity index (χ4n) is 3.13. The zero-order chi connectivity index (χ0) is 15.9. The molecular weight excluding hydrogens is 361 g/mol. The van der Waals surface area contributed by atoms with Crippen LogP contribution in [0.15, 0.2) is 30.4 Å². The van der Waals surface area contributed by atoms with Gasteiger partial charge in [-0.3, -0.25) is 4.79 Å². The average Bonchev–Trinajstić information content (AvgIpc) is 2.81. The van der Waals surface area contributed by atoms with Crippen molar-refractivity contribution in [1.29, 1.82) is 0 Å². The van der Waals surface area contributed by atoms with Gasteiger partial charge in [0.1, 0.15) is 5.75 Å². The van der Waals surface area contributed by atoms with Gasteiger partial charge >= 0.3 is 0 Å². The van der Waals surface area contributed by atoms with Gasteiger partial charge in [-0.05, 0) is 55.5 Å². The molecular formula is C20H27O2Y-. The van der Waals surface area contributed by atoms with Crippen molar-refractivity contribution in [3.05, 3.63) is 48.4 Å². The fourth-order valence-corrected chi connectivity index (χ4v) is 3.13. The average molecular weight is 388 g/mol. The Hall–Kier alpha value is -0.466. The van der Waals surface area contributed by atoms with Crippen molar-refractivity contribution < 1.29 is 42.2 Å². The van der Waals surface area contributed by atoms with Crippen LogP contribution in [0.5, 0.6) is 5.75 Å². The zero-order valence-electron chi connectivity index (χ0n) is 14.4. The van der Waals surface area contributed by atoms with Gasteiger partial charge in [0.15, 0.2) is 5.78 Å². The Morgan fingerprint density at radius 2 is 1.78 bits per heavy atom. The van der Waals surface area contributed by atoms with Crippen LogP contribution in [0, 0.1) is 32.6 Å². The van der Waals surface area contributed by atoms with E-state index in [1.807, 2.05) is 12.1 Å². The van der Waals surface area contributed by atoms with Crippen molar-refractivity contribution in [2.75, 3.05) is 6.61 Å². The molecule has 23 heavy (non-hydrogen) atoms. The third-order valence-electron chi connectivity index (χ3n) is 4.30. The minimum Gasteiger partial charge on any atom is -0.493 e. The molecule has 0 N–H and O–H groups in total. The molecule has 2 rings (SSSR count). The molecule has 0 bridgehead atoms. The molecule has 2 atom stereocenters. The number of hydrogen-bond acceptors (Lipinski definition) is 2. The molecule has 1 aliphatic carbocycles. The minimum absolute atomic E-state index is 0. The molecule has 0 saturated carbocycles. The van der Waals surface area contributed by atoms with Crippen LogP contribution in [0.2, 0.25) is 0 Å². The van der Waals surface area contributed by atoms with Crippen LogP contribution < -0.4 is 4.74 Å². The summed E-state index contributed by atoms with van der Waals surface area (Å²) in [5, 5.41) is 0. The predicted octanol–water partition coefficient (Wildman–Crippen LogP) is 4.84. The first kappa shape index (κ1) is 20.6. The molecule has 0 amide bonds. The second kappa shape index (κ2) is 10.4. The monoisotopic (exact) mass is 388 g/mol. The maximum Gasteiger partial charge on any atom is 0.162 e. The zero-order valence-corrected chi connectivity index (χ0v) is 17.2. The van der Waals surface area contributed by atoms with E-state index in [1.165, 1.54) is 24.0 Å². The van der Waals surface area contributed by atoms with Crippen LogP contribution in [-0.2, 0) is 37.5 Å². The first-order chi connectivity index (χ1) is 10.6. The summed E-state index contributed by atoms with van der Waals surface area (Å²) >= 11 is 0. The Morgan fingerprint density at radius 1 is 1.09 bits per heavy atom. The van der Waals surface area contributed by atoms with Gasteiger partial charge in [0, 0.05) is 32.7 Å². The summed E-state index contributed by atoms with van der Waals surface area (Å²) < 4.78 is 5.91. The minimum atomic E-state index is -0.0134. The van der Waals surface area contributed by atoms with Crippen molar-refractivity contribution >= 4 is 5.78 Å². The number of rotatable bonds is 8. The smallest absolute Gasteiger partial charge is 0.162 e. The standard InChI is InChI=1S/C20H27O2.Y/c1-4-5-6-7-8-17-9-10-20(21)19(17)14-22-18-12-15(2)11-16(3)13-18;/h9-13,17,19H,1,4-8,14H2,2-3H3;/q-1;/t17-,19+;/m0./s1. The van der Waals surface area contributed by atoms with Crippen LogP contribution in [0.4, 0.5) is 0 Å². The van der Waals surface area contributed by atoms with Gasteiger partial charge in [-0.1, -0.05) is 31.4 Å². The summed E-state index contributed by atoms with van der Waals surface area (Å²) in [6, 6.07) is 6.19. The molecule has 0 aliphatic heterocycles. The molecule has 3 heteroatoms. The number of ketones is 1. The molecule has 123 valence electrons. The van der Waals surface area contributed by atoms with E-state index in [-0.39, 0.29) is 44.4 Å². The van der Waals surface area contributed by atoms with Gasteiger partial charge in [0.25, 0.3) is 0 Å². The summed E-state index contributed by atoms with van der Waals surface area (Å²) in [5.41, 5.74) is 2.38. The number of carbonyl (C=O) groups excluding carboxylic acids is 1. The summed E-state index contributed by atoms with van der Waals surface area (Å²) in [4.78, 5) is 12.1. The second-order valence-corrected chi connectivity index (χ2v) is 6.37. The van der Waals surface area contributed by atoms with E-state index < -0.39 is 0 Å². The van der Waals surface area contributed by atoms with Gasteiger partial charge in [-0.15, -0.1) is 0 Å². The molecule has 0 heterocycles. The Morgan fingerprint density at radius 3 is 2.43 bits per heavy atom. The van der Waals surface area contributed by atoms with Gasteiger partial charge in [-0.2, -0.15) is 6.42 Å². The third-order valence-corrected chi connectivity index (χ3v) is 4.30. The summed E-state index contributed by atoms with van der Waals surface area (Å²) in [6.07, 6.45) is 9.42. The van der Waals surface area contributed by atoms with Crippen LogP contribution in [0.25, 0.3) is 0 Å². The molecule has 1 aliphatic rings. The van der Waals surface area contributed by atoms with Crippen molar-refractivity contribution in [2.24, 2.45) is 11.8 Å². The summed E-state index contributed by atoms with van der Waals surface area (Å²) in [5.74, 6) is 1.41. The quantitative estimate of drug-likeness (QED) is 0.471. The van der Waals surface area contributed by atoms with E-state index >= 15 is 0 Å². The van der Waals surface area contributed by atoms with E-state index in [2.05, 4.69) is 32.9 Å². The van der Waals surface area contributed by atoms with E-state index in [1.54, 1.807) is 6.08 Å². The Kier molecular flexibility index (Phi) is 9.31. The molecule has 0 saturated heterocycles. The van der Waals surface area contributed by atoms with Crippen molar-refractivity contribution in [3.63, 3.8) is 0 Å². The Labute approximate surface area is 166 Å². The largest absolute Gasteiger partial charge is 0.493 e. The first-order valence-corrected chi connectivity index (χ1v) is 8.32. The van der Waals surface area contributed by atoms with Crippen LogP contribution >= 0.6 is 0 Å². The Bertz CT molecular complexity index is 516. The van der Waals surface area contributed by atoms with E-state index in [0.717, 1.165) is 25.0 Å². The van der Waals surface area contributed by atoms with Crippen molar-refractivity contribution in [2.45, 2.75) is 46.0 Å². The summed E-state index contributed by atoms with van der Waals surface area (Å²) in [6.45, 7) is 8.48. The number of unbranched alkanes of at least 4 members (excludes halogenated alkanes) is 3. The van der Waals surface area contributed by atoms with Crippen molar-refractivity contribution in [1.82, 2.24) is 0 Å². The number of benzene rings is 1. The normalized spacial score (nSPS) is 19.7. The van der Waals surface area contributed by atoms with E-state index in [9.17, 15) is 4.79 Å². The van der Waals surface area contributed by atoms with E-state index in [4.69, 9.17) is 4.74 Å². The number of ether oxygens (including phenoxy) is 1. The molecule has 0 unspecified atom stereocenters. The van der Waals surface area contributed by atoms with Crippen LogP contribution in [-0.4, -0.2) is 12.4 Å². The first-order valence-electron chi connectivity index (χ1n) is 8.32. The maximum atomic E-state index is 12.1. The molecule has 0 fully saturated rings. The third kappa shape index (κ3) is 6.51. The molecule has 0 aromatic heterocycles. The van der Waals surface area contributed by atoms with Crippen LogP contribution in [0.3, 0.4) is 0 Å². The molecule has 1 aromatic rings. The molecule has 1 radical (unpaired) electrons. The predicted molar refractivity (Wildman–Crippen MR) is 91.0 cm³/mol. The van der Waals surface area contributed by atoms with Gasteiger partial charge in [-0.25, -0.2) is 0 Å². The number of aryl methyl sites for hydroxylation is 2. The van der Waals surface area contributed by atoms with Gasteiger partial charge < -0.3 is 11.7 Å². The summed E-state index contributed by atoms with van der Waals surface area (Å²) in [7, 11) is 0. The van der Waals surface area contributed by atoms with E-state index in [0.29, 0.717) is 12.5 Å². The molecule has 2 nitrogen and oxygen atoms in total. The Balaban J connectivity index is 0.00000264. The van der Waals surface area contributed by atoms with Crippen LogP contribution in [0.1, 0.15) is 43.2 Å². The fraction of sp³-hybridized carbons (Fsp3) is 0.500. The number of carbonyl (C=O) groups is 1. The SMILES string of the molecule is [CH2-]CCCCC[C@H]1C=CC(=O)[C@@H]1COc1cc(C)cc(C)c1.[Y].